The summed E-state index contributed by atoms with van der Waals surface area (Å²) in [4.78, 5) is 35.8. The third kappa shape index (κ3) is 2.78. The van der Waals surface area contributed by atoms with E-state index in [-0.39, 0.29) is 11.3 Å². The second-order valence-electron chi connectivity index (χ2n) is 5.89. The van der Waals surface area contributed by atoms with E-state index in [4.69, 9.17) is 8.83 Å². The summed E-state index contributed by atoms with van der Waals surface area (Å²) in [6.07, 6.45) is 0. The van der Waals surface area contributed by atoms with Crippen molar-refractivity contribution < 1.29 is 13.6 Å². The Bertz CT molecular complexity index is 1310. The first-order valence-corrected chi connectivity index (χ1v) is 8.54. The summed E-state index contributed by atoms with van der Waals surface area (Å²) in [7, 11) is 0. The van der Waals surface area contributed by atoms with Crippen LogP contribution in [0.2, 0.25) is 0 Å². The standard InChI is InChI=1S/C20H11BrO5/c1-10(22)15-8-12-6-11(2-4-17(12)25-19(15)23)16-9-13-7-14(21)3-5-18(13)26-20(16)24/h2-9H,1H3. The number of carbonyl (C=O) groups is 1. The zero-order valence-electron chi connectivity index (χ0n) is 13.5. The molecule has 0 saturated carbocycles. The number of hydrogen-bond donors (Lipinski definition) is 0. The van der Waals surface area contributed by atoms with Crippen molar-refractivity contribution in [2.45, 2.75) is 6.92 Å². The predicted molar refractivity (Wildman–Crippen MR) is 102 cm³/mol. The molecule has 0 aliphatic heterocycles. The molecular formula is C20H11BrO5. The zero-order chi connectivity index (χ0) is 18.4. The number of rotatable bonds is 2. The summed E-state index contributed by atoms with van der Waals surface area (Å²) >= 11 is 3.40. The Hall–Kier alpha value is -2.99. The molecule has 4 aromatic rings. The van der Waals surface area contributed by atoms with E-state index in [1.807, 2.05) is 6.07 Å². The van der Waals surface area contributed by atoms with Gasteiger partial charge in [-0.1, -0.05) is 22.0 Å². The fourth-order valence-corrected chi connectivity index (χ4v) is 3.21. The maximum Gasteiger partial charge on any atom is 0.347 e. The molecule has 5 nitrogen and oxygen atoms in total. The molecule has 0 radical (unpaired) electrons. The maximum absolute atomic E-state index is 12.4. The summed E-state index contributed by atoms with van der Waals surface area (Å²) in [5, 5.41) is 1.33. The van der Waals surface area contributed by atoms with E-state index in [9.17, 15) is 14.4 Å². The Morgan fingerprint density at radius 1 is 0.846 bits per heavy atom. The first-order chi connectivity index (χ1) is 12.4. The summed E-state index contributed by atoms with van der Waals surface area (Å²) in [6, 6.07) is 13.6. The molecule has 0 saturated heterocycles. The van der Waals surface area contributed by atoms with Gasteiger partial charge in [0.1, 0.15) is 16.7 Å². The molecule has 0 N–H and O–H groups in total. The first-order valence-electron chi connectivity index (χ1n) is 7.75. The van der Waals surface area contributed by atoms with Crippen LogP contribution in [0.5, 0.6) is 0 Å². The Kier molecular flexibility index (Phi) is 3.85. The van der Waals surface area contributed by atoms with Crippen molar-refractivity contribution in [1.29, 1.82) is 0 Å². The van der Waals surface area contributed by atoms with Gasteiger partial charge >= 0.3 is 11.3 Å². The van der Waals surface area contributed by atoms with Gasteiger partial charge in [0.15, 0.2) is 5.78 Å². The van der Waals surface area contributed by atoms with E-state index in [1.54, 1.807) is 36.4 Å². The van der Waals surface area contributed by atoms with E-state index in [0.717, 1.165) is 9.86 Å². The van der Waals surface area contributed by atoms with E-state index < -0.39 is 11.3 Å². The van der Waals surface area contributed by atoms with Crippen LogP contribution in [0.3, 0.4) is 0 Å². The van der Waals surface area contributed by atoms with E-state index in [2.05, 4.69) is 15.9 Å². The highest BCUT2D eigenvalue weighted by atomic mass is 79.9. The van der Waals surface area contributed by atoms with Gasteiger partial charge in [-0.25, -0.2) is 9.59 Å². The Morgan fingerprint density at radius 2 is 1.50 bits per heavy atom. The number of halogens is 1. The van der Waals surface area contributed by atoms with Gasteiger partial charge in [0.2, 0.25) is 0 Å². The van der Waals surface area contributed by atoms with Gasteiger partial charge in [-0.3, -0.25) is 4.79 Å². The lowest BCUT2D eigenvalue weighted by Crippen LogP contribution is -2.11. The molecule has 0 aliphatic carbocycles. The normalized spacial score (nSPS) is 11.2. The maximum atomic E-state index is 12.4. The highest BCUT2D eigenvalue weighted by Crippen LogP contribution is 2.26. The number of hydrogen-bond acceptors (Lipinski definition) is 5. The average Bonchev–Trinajstić information content (AvgIpc) is 2.60. The molecule has 26 heavy (non-hydrogen) atoms. The number of ketones is 1. The van der Waals surface area contributed by atoms with Crippen LogP contribution in [0, 0.1) is 0 Å². The minimum atomic E-state index is -0.673. The van der Waals surface area contributed by atoms with Crippen molar-refractivity contribution in [3.63, 3.8) is 0 Å². The van der Waals surface area contributed by atoms with Gasteiger partial charge < -0.3 is 8.83 Å². The van der Waals surface area contributed by atoms with Crippen LogP contribution >= 0.6 is 15.9 Å². The lowest BCUT2D eigenvalue weighted by atomic mass is 10.0. The molecule has 2 heterocycles. The molecule has 2 aromatic heterocycles. The van der Waals surface area contributed by atoms with Gasteiger partial charge in [0.25, 0.3) is 0 Å². The van der Waals surface area contributed by atoms with Crippen molar-refractivity contribution in [2.24, 2.45) is 0 Å². The molecule has 0 amide bonds. The molecule has 0 spiro atoms. The minimum Gasteiger partial charge on any atom is -0.422 e. The smallest absolute Gasteiger partial charge is 0.347 e. The lowest BCUT2D eigenvalue weighted by Gasteiger charge is -2.05. The van der Waals surface area contributed by atoms with Crippen LogP contribution in [0.1, 0.15) is 17.3 Å². The van der Waals surface area contributed by atoms with Crippen LogP contribution < -0.4 is 11.3 Å². The number of Topliss-reactive ketones (excluding diaryl/α,β-unsaturated/α-hetero) is 1. The minimum absolute atomic E-state index is 0.0240. The molecule has 0 atom stereocenters. The first kappa shape index (κ1) is 16.5. The van der Waals surface area contributed by atoms with Crippen LogP contribution in [-0.2, 0) is 0 Å². The van der Waals surface area contributed by atoms with Crippen molar-refractivity contribution in [3.8, 4) is 11.1 Å². The van der Waals surface area contributed by atoms with E-state index in [1.165, 1.54) is 13.0 Å². The summed E-state index contributed by atoms with van der Waals surface area (Å²) < 4.78 is 11.4. The Labute approximate surface area is 155 Å². The predicted octanol–water partition coefficient (Wildman–Crippen LogP) is 4.53. The van der Waals surface area contributed by atoms with Gasteiger partial charge in [-0.15, -0.1) is 0 Å². The lowest BCUT2D eigenvalue weighted by molar-refractivity contribution is 0.101. The third-order valence-electron chi connectivity index (χ3n) is 4.12. The third-order valence-corrected chi connectivity index (χ3v) is 4.61. The van der Waals surface area contributed by atoms with Gasteiger partial charge in [0.05, 0.1) is 5.56 Å². The van der Waals surface area contributed by atoms with Crippen LogP contribution in [0.4, 0.5) is 0 Å². The fourth-order valence-electron chi connectivity index (χ4n) is 2.83. The highest BCUT2D eigenvalue weighted by molar-refractivity contribution is 9.10. The monoisotopic (exact) mass is 410 g/mol. The van der Waals surface area contributed by atoms with Crippen molar-refractivity contribution >= 4 is 43.7 Å². The quantitative estimate of drug-likeness (QED) is 0.358. The van der Waals surface area contributed by atoms with Crippen LogP contribution in [0.25, 0.3) is 33.1 Å². The van der Waals surface area contributed by atoms with Crippen LogP contribution in [-0.4, -0.2) is 5.78 Å². The molecular weight excluding hydrogens is 400 g/mol. The van der Waals surface area contributed by atoms with Crippen LogP contribution in [0.15, 0.2) is 71.4 Å². The average molecular weight is 411 g/mol. The molecule has 128 valence electrons. The van der Waals surface area contributed by atoms with Gasteiger partial charge in [-0.2, -0.15) is 0 Å². The summed E-state index contributed by atoms with van der Waals surface area (Å²) in [5.74, 6) is -0.374. The summed E-state index contributed by atoms with van der Waals surface area (Å²) in [6.45, 7) is 1.30. The fraction of sp³-hybridized carbons (Fsp3) is 0.0500. The van der Waals surface area contributed by atoms with E-state index in [0.29, 0.717) is 27.7 Å². The largest absolute Gasteiger partial charge is 0.422 e. The Balaban J connectivity index is 1.96. The molecule has 4 rings (SSSR count). The molecule has 6 heteroatoms. The molecule has 0 unspecified atom stereocenters. The van der Waals surface area contributed by atoms with Crippen molar-refractivity contribution in [2.75, 3.05) is 0 Å². The summed E-state index contributed by atoms with van der Waals surface area (Å²) in [5.41, 5.74) is 0.661. The topological polar surface area (TPSA) is 77.5 Å². The SMILES string of the molecule is CC(=O)c1cc2cc(-c3cc4cc(Br)ccc4oc3=O)ccc2oc1=O. The second-order valence-corrected chi connectivity index (χ2v) is 6.80. The Morgan fingerprint density at radius 3 is 2.23 bits per heavy atom. The molecule has 0 bridgehead atoms. The number of benzene rings is 2. The van der Waals surface area contributed by atoms with E-state index >= 15 is 0 Å². The molecule has 0 aliphatic rings. The molecule has 0 fully saturated rings. The number of carbonyl (C=O) groups excluding carboxylic acids is 1. The van der Waals surface area contributed by atoms with Gasteiger partial charge in [0, 0.05) is 15.2 Å². The van der Waals surface area contributed by atoms with Gasteiger partial charge in [-0.05, 0) is 55.0 Å². The molecule has 2 aromatic carbocycles. The zero-order valence-corrected chi connectivity index (χ0v) is 15.1. The number of fused-ring (bicyclic) bond motifs is 2. The second kappa shape index (κ2) is 6.07. The highest BCUT2D eigenvalue weighted by Gasteiger charge is 2.13. The van der Waals surface area contributed by atoms with Crippen molar-refractivity contribution in [3.05, 3.63) is 79.4 Å². The van der Waals surface area contributed by atoms with Crippen molar-refractivity contribution in [1.82, 2.24) is 0 Å².